The second-order valence-corrected chi connectivity index (χ2v) is 4.17. The summed E-state index contributed by atoms with van der Waals surface area (Å²) >= 11 is -1.59. The molecule has 1 aliphatic heterocycles. The molecule has 5 heteroatoms. The van der Waals surface area contributed by atoms with E-state index in [0.717, 1.165) is 5.75 Å². The lowest BCUT2D eigenvalue weighted by Gasteiger charge is -2.08. The van der Waals surface area contributed by atoms with Gasteiger partial charge in [0.1, 0.15) is 18.5 Å². The smallest absolute Gasteiger partial charge is 0.305 e. The zero-order chi connectivity index (χ0) is 10.7. The lowest BCUT2D eigenvalue weighted by Crippen LogP contribution is -2.19. The molecular formula is C10H12O4S. The summed E-state index contributed by atoms with van der Waals surface area (Å²) in [5.41, 5.74) is 1.18. The van der Waals surface area contributed by atoms with E-state index >= 15 is 0 Å². The first-order chi connectivity index (χ1) is 7.24. The molecule has 1 aromatic carbocycles. The lowest BCUT2D eigenvalue weighted by atomic mass is 10.2. The SMILES string of the molecule is Cc1ccc(OCC2COS(=O)O2)cc1. The van der Waals surface area contributed by atoms with E-state index in [0.29, 0.717) is 13.2 Å². The molecule has 0 radical (unpaired) electrons. The fraction of sp³-hybridized carbons (Fsp3) is 0.400. The van der Waals surface area contributed by atoms with Crippen molar-refractivity contribution in [2.45, 2.75) is 13.0 Å². The van der Waals surface area contributed by atoms with Crippen molar-refractivity contribution >= 4 is 11.4 Å². The van der Waals surface area contributed by atoms with Gasteiger partial charge in [0.15, 0.2) is 0 Å². The van der Waals surface area contributed by atoms with Crippen molar-refractivity contribution in [3.63, 3.8) is 0 Å². The van der Waals surface area contributed by atoms with Crippen LogP contribution in [0.15, 0.2) is 24.3 Å². The maximum absolute atomic E-state index is 10.7. The minimum Gasteiger partial charge on any atom is -0.491 e. The third kappa shape index (κ3) is 3.02. The summed E-state index contributed by atoms with van der Waals surface area (Å²) in [5, 5.41) is 0. The van der Waals surface area contributed by atoms with E-state index in [1.165, 1.54) is 5.56 Å². The average Bonchev–Trinajstić information content (AvgIpc) is 2.64. The molecule has 0 saturated carbocycles. The van der Waals surface area contributed by atoms with Crippen LogP contribution in [-0.4, -0.2) is 23.5 Å². The Morgan fingerprint density at radius 1 is 1.47 bits per heavy atom. The second kappa shape index (κ2) is 4.74. The minimum absolute atomic E-state index is 0.243. The molecule has 15 heavy (non-hydrogen) atoms. The number of rotatable bonds is 3. The molecule has 0 N–H and O–H groups in total. The van der Waals surface area contributed by atoms with E-state index < -0.39 is 11.4 Å². The standard InChI is InChI=1S/C10H12O4S/c1-8-2-4-9(5-3-8)12-6-10-7-13-15(11)14-10/h2-5,10H,6-7H2,1H3. The first kappa shape index (κ1) is 10.6. The van der Waals surface area contributed by atoms with Gasteiger partial charge in [-0.25, -0.2) is 0 Å². The van der Waals surface area contributed by atoms with Gasteiger partial charge >= 0.3 is 11.4 Å². The first-order valence-corrected chi connectivity index (χ1v) is 5.66. The van der Waals surface area contributed by atoms with Crippen LogP contribution in [0.4, 0.5) is 0 Å². The summed E-state index contributed by atoms with van der Waals surface area (Å²) in [6.07, 6.45) is -0.243. The molecule has 2 rings (SSSR count). The molecule has 82 valence electrons. The van der Waals surface area contributed by atoms with Crippen molar-refractivity contribution < 1.29 is 17.3 Å². The van der Waals surface area contributed by atoms with Gasteiger partial charge in [0.25, 0.3) is 0 Å². The van der Waals surface area contributed by atoms with Crippen LogP contribution in [0, 0.1) is 6.92 Å². The van der Waals surface area contributed by atoms with Crippen LogP contribution in [0.5, 0.6) is 5.75 Å². The summed E-state index contributed by atoms with van der Waals surface area (Å²) in [5.74, 6) is 0.780. The van der Waals surface area contributed by atoms with Crippen LogP contribution in [0.3, 0.4) is 0 Å². The van der Waals surface area contributed by atoms with Crippen molar-refractivity contribution in [2.24, 2.45) is 0 Å². The van der Waals surface area contributed by atoms with Crippen LogP contribution < -0.4 is 4.74 Å². The third-order valence-corrected chi connectivity index (χ3v) is 2.78. The summed E-state index contributed by atoms with van der Waals surface area (Å²) < 4.78 is 25.8. The molecular weight excluding hydrogens is 216 g/mol. The summed E-state index contributed by atoms with van der Waals surface area (Å²) in [7, 11) is 0. The van der Waals surface area contributed by atoms with Crippen LogP contribution in [0.1, 0.15) is 5.56 Å². The highest BCUT2D eigenvalue weighted by Crippen LogP contribution is 2.14. The first-order valence-electron chi connectivity index (χ1n) is 4.66. The van der Waals surface area contributed by atoms with Gasteiger partial charge in [0.05, 0.1) is 6.61 Å². The number of hydrogen-bond donors (Lipinski definition) is 0. The molecule has 2 atom stereocenters. The molecule has 4 nitrogen and oxygen atoms in total. The maximum Gasteiger partial charge on any atom is 0.305 e. The van der Waals surface area contributed by atoms with Crippen molar-refractivity contribution in [2.75, 3.05) is 13.2 Å². The minimum atomic E-state index is -1.59. The molecule has 2 unspecified atom stereocenters. The number of benzene rings is 1. The van der Waals surface area contributed by atoms with Gasteiger partial charge in [-0.15, -0.1) is 0 Å². The predicted octanol–water partition coefficient (Wildman–Crippen LogP) is 1.37. The monoisotopic (exact) mass is 228 g/mol. The van der Waals surface area contributed by atoms with Crippen molar-refractivity contribution in [3.05, 3.63) is 29.8 Å². The van der Waals surface area contributed by atoms with Gasteiger partial charge in [-0.05, 0) is 19.1 Å². The molecule has 0 amide bonds. The molecule has 1 aromatic rings. The molecule has 1 fully saturated rings. The molecule has 0 aliphatic carbocycles. The number of aryl methyl sites for hydroxylation is 1. The van der Waals surface area contributed by atoms with E-state index in [1.807, 2.05) is 31.2 Å². The van der Waals surface area contributed by atoms with Gasteiger partial charge in [0, 0.05) is 0 Å². The van der Waals surface area contributed by atoms with Gasteiger partial charge in [0.2, 0.25) is 0 Å². The Morgan fingerprint density at radius 3 is 2.80 bits per heavy atom. The zero-order valence-corrected chi connectivity index (χ0v) is 9.16. The maximum atomic E-state index is 10.7. The molecule has 0 aromatic heterocycles. The number of ether oxygens (including phenoxy) is 1. The van der Waals surface area contributed by atoms with Crippen LogP contribution in [0.25, 0.3) is 0 Å². The van der Waals surface area contributed by atoms with Crippen molar-refractivity contribution in [1.29, 1.82) is 0 Å². The Hall–Kier alpha value is -0.910. The highest BCUT2D eigenvalue weighted by molar-refractivity contribution is 7.75. The van der Waals surface area contributed by atoms with Crippen molar-refractivity contribution in [1.82, 2.24) is 0 Å². The summed E-state index contributed by atoms with van der Waals surface area (Å²) in [4.78, 5) is 0. The topological polar surface area (TPSA) is 44.8 Å². The Balaban J connectivity index is 1.83. The lowest BCUT2D eigenvalue weighted by molar-refractivity contribution is 0.151. The van der Waals surface area contributed by atoms with Crippen molar-refractivity contribution in [3.8, 4) is 5.75 Å². The largest absolute Gasteiger partial charge is 0.491 e. The normalized spacial score (nSPS) is 25.4. The van der Waals surface area contributed by atoms with E-state index in [1.54, 1.807) is 0 Å². The van der Waals surface area contributed by atoms with Crippen LogP contribution >= 0.6 is 0 Å². The summed E-state index contributed by atoms with van der Waals surface area (Å²) in [6.45, 7) is 2.69. The predicted molar refractivity (Wildman–Crippen MR) is 55.6 cm³/mol. The van der Waals surface area contributed by atoms with Gasteiger partial charge in [-0.1, -0.05) is 17.7 Å². The Labute approximate surface area is 91.0 Å². The average molecular weight is 228 g/mol. The quantitative estimate of drug-likeness (QED) is 0.783. The van der Waals surface area contributed by atoms with E-state index in [4.69, 9.17) is 13.1 Å². The Kier molecular flexibility index (Phi) is 3.35. The Bertz CT molecular complexity index is 349. The van der Waals surface area contributed by atoms with Gasteiger partial charge < -0.3 is 4.74 Å². The Morgan fingerprint density at radius 2 is 2.20 bits per heavy atom. The molecule has 1 saturated heterocycles. The molecule has 0 spiro atoms. The van der Waals surface area contributed by atoms with Gasteiger partial charge in [-0.2, -0.15) is 4.21 Å². The second-order valence-electron chi connectivity index (χ2n) is 3.33. The molecule has 1 aliphatic rings. The van der Waals surface area contributed by atoms with E-state index in [2.05, 4.69) is 0 Å². The van der Waals surface area contributed by atoms with Crippen LogP contribution in [0.2, 0.25) is 0 Å². The highest BCUT2D eigenvalue weighted by Gasteiger charge is 2.23. The molecule has 0 bridgehead atoms. The van der Waals surface area contributed by atoms with E-state index in [-0.39, 0.29) is 6.10 Å². The number of hydrogen-bond acceptors (Lipinski definition) is 4. The van der Waals surface area contributed by atoms with Crippen LogP contribution in [-0.2, 0) is 19.7 Å². The molecule has 1 heterocycles. The fourth-order valence-electron chi connectivity index (χ4n) is 1.20. The highest BCUT2D eigenvalue weighted by atomic mass is 32.2. The third-order valence-electron chi connectivity index (χ3n) is 2.02. The summed E-state index contributed by atoms with van der Waals surface area (Å²) in [6, 6.07) is 7.73. The fourth-order valence-corrected chi connectivity index (χ4v) is 1.85. The van der Waals surface area contributed by atoms with Gasteiger partial charge in [-0.3, -0.25) is 8.37 Å². The van der Waals surface area contributed by atoms with E-state index in [9.17, 15) is 4.21 Å². The zero-order valence-electron chi connectivity index (χ0n) is 8.34.